The Balaban J connectivity index is 0.000000221. The standard InChI is InChI=1S/C24H25N5O2.C23H23N5O3.C22H21N5O2.4H2/c1-4-11-29-15-19(9-10-23(29)30)21-14-26-16(2)24(27-21)22-12-20(28-31-22)18-7-5-17(6-8-18)13-25-3;1-15-23(21-11-19(27-31-21)17-5-3-16(4-6-17)12-24-2)26-20(13-25-15)18-7-8-22(30)28(14-18)9-10-29;1-14-22(25-19(12-24-14)17-8-9-21(28)27(3)13-17)20-10-18(26-29-20)16-6-4-15(5-7-16)11-23-2;;;;/h5-10,12,14-15,25H,4,11,13H2,1-3H3;3-8,11,13-14,24,29H,9-10,12H2,1-2H3;4-10,12-13,23H,11H2,1-3H3;4*1H. The number of aliphatic hydroxyl groups is 1. The molecule has 0 unspecified atom stereocenters. The molecule has 22 heteroatoms. The first kappa shape index (κ1) is 63.2. The molecule has 12 rings (SSSR count). The molecule has 0 spiro atoms. The van der Waals surface area contributed by atoms with E-state index in [0.29, 0.717) is 69.4 Å². The van der Waals surface area contributed by atoms with Crippen LogP contribution in [-0.4, -0.2) is 91.9 Å². The highest BCUT2D eigenvalue weighted by molar-refractivity contribution is 5.71. The third-order valence-electron chi connectivity index (χ3n) is 14.7. The van der Waals surface area contributed by atoms with Crippen molar-refractivity contribution in [3.63, 3.8) is 0 Å². The van der Waals surface area contributed by atoms with Gasteiger partial charge in [-0.3, -0.25) is 29.3 Å². The Kier molecular flexibility index (Phi) is 20.5. The lowest BCUT2D eigenvalue weighted by molar-refractivity contribution is 0.274. The molecule has 0 radical (unpaired) electrons. The maximum absolute atomic E-state index is 12.0. The summed E-state index contributed by atoms with van der Waals surface area (Å²) >= 11 is 0. The minimum absolute atomic E-state index is 0. The van der Waals surface area contributed by atoms with Crippen LogP contribution < -0.4 is 32.6 Å². The van der Waals surface area contributed by atoms with E-state index in [-0.39, 0.29) is 35.5 Å². The molecule has 0 aliphatic heterocycles. The van der Waals surface area contributed by atoms with Crippen LogP contribution in [0, 0.1) is 20.8 Å². The molecule has 12 aromatic rings. The quantitative estimate of drug-likeness (QED) is 0.0585. The minimum atomic E-state index is -0.182. The molecule has 470 valence electrons. The fourth-order valence-electron chi connectivity index (χ4n) is 9.84. The molecule has 0 bridgehead atoms. The summed E-state index contributed by atoms with van der Waals surface area (Å²) in [5.74, 6) is 1.63. The van der Waals surface area contributed by atoms with Gasteiger partial charge in [-0.15, -0.1) is 0 Å². The molecule has 0 aliphatic rings. The van der Waals surface area contributed by atoms with Gasteiger partial charge in [-0.05, 0) is 83.2 Å². The highest BCUT2D eigenvalue weighted by Gasteiger charge is 2.19. The van der Waals surface area contributed by atoms with Crippen molar-refractivity contribution in [1.29, 1.82) is 0 Å². The third kappa shape index (κ3) is 15.4. The first-order valence-corrected chi connectivity index (χ1v) is 29.6. The van der Waals surface area contributed by atoms with Crippen LogP contribution in [0.25, 0.3) is 102 Å². The van der Waals surface area contributed by atoms with Crippen molar-refractivity contribution in [3.8, 4) is 102 Å². The number of benzene rings is 3. The van der Waals surface area contributed by atoms with Crippen molar-refractivity contribution in [3.05, 3.63) is 229 Å². The maximum atomic E-state index is 12.0. The smallest absolute Gasteiger partial charge is 0.250 e. The Morgan fingerprint density at radius 3 is 1.07 bits per heavy atom. The van der Waals surface area contributed by atoms with Crippen molar-refractivity contribution < 1.29 is 24.4 Å². The SMILES string of the molecule is CCCn1cc(-c2cnc(C)c(-c3cc(-c4ccc(CNC)cc4)no3)n2)ccc1=O.CNCc1ccc(-c2cc(-c3nc(-c4ccc(=O)n(C)c4)cnc3C)on2)cc1.CNCc1ccc(-c2cc(-c3nc(-c4ccc(=O)n(CCO)c4)cnc3C)on2)cc1.[HH].[HH].[HH].[HH]. The van der Waals surface area contributed by atoms with E-state index in [9.17, 15) is 14.4 Å². The monoisotopic (exact) mass is 1230 g/mol. The number of nitrogens with one attached hydrogen (secondary N) is 3. The summed E-state index contributed by atoms with van der Waals surface area (Å²) in [7, 11) is 7.47. The van der Waals surface area contributed by atoms with E-state index in [1.807, 2.05) is 122 Å². The van der Waals surface area contributed by atoms with Crippen LogP contribution in [0.5, 0.6) is 0 Å². The second-order valence-corrected chi connectivity index (χ2v) is 21.5. The third-order valence-corrected chi connectivity index (χ3v) is 14.7. The van der Waals surface area contributed by atoms with Gasteiger partial charge in [-0.25, -0.2) is 15.0 Å². The number of aliphatic hydroxyl groups excluding tert-OH is 1. The first-order valence-electron chi connectivity index (χ1n) is 29.6. The maximum Gasteiger partial charge on any atom is 0.250 e. The zero-order valence-electron chi connectivity index (χ0n) is 51.8. The van der Waals surface area contributed by atoms with Gasteiger partial charge >= 0.3 is 0 Å². The number of hydrogen-bond acceptors (Lipinski definition) is 19. The summed E-state index contributed by atoms with van der Waals surface area (Å²) in [5, 5.41) is 31.2. The van der Waals surface area contributed by atoms with Gasteiger partial charge in [-0.1, -0.05) is 95.2 Å². The van der Waals surface area contributed by atoms with Crippen LogP contribution in [0.1, 0.15) is 52.8 Å². The highest BCUT2D eigenvalue weighted by atomic mass is 16.5. The van der Waals surface area contributed by atoms with Crippen molar-refractivity contribution in [1.82, 2.24) is 75.0 Å². The fourth-order valence-corrected chi connectivity index (χ4v) is 9.84. The normalized spacial score (nSPS) is 11.0. The number of aromatic nitrogens is 12. The van der Waals surface area contributed by atoms with E-state index in [1.165, 1.54) is 38.0 Å². The molecule has 9 aromatic heterocycles. The zero-order chi connectivity index (χ0) is 64.0. The Bertz CT molecular complexity index is 4450. The van der Waals surface area contributed by atoms with Gasteiger partial charge in [0.25, 0.3) is 11.1 Å². The van der Waals surface area contributed by atoms with Crippen LogP contribution in [0.2, 0.25) is 0 Å². The number of pyridine rings is 3. The summed E-state index contributed by atoms with van der Waals surface area (Å²) in [6.45, 7) is 10.9. The van der Waals surface area contributed by atoms with Crippen molar-refractivity contribution >= 4 is 0 Å². The molecule has 0 amide bonds. The van der Waals surface area contributed by atoms with Crippen LogP contribution in [0.15, 0.2) is 193 Å². The van der Waals surface area contributed by atoms with Gasteiger partial charge in [0.05, 0.1) is 59.4 Å². The molecular weight excluding hydrogens is 1150 g/mol. The van der Waals surface area contributed by atoms with E-state index in [0.717, 1.165) is 82.2 Å². The molecule has 0 fully saturated rings. The van der Waals surface area contributed by atoms with Gasteiger partial charge in [0.2, 0.25) is 5.56 Å². The number of rotatable bonds is 19. The molecule has 91 heavy (non-hydrogen) atoms. The van der Waals surface area contributed by atoms with Crippen molar-refractivity contribution in [2.75, 3.05) is 27.7 Å². The lowest BCUT2D eigenvalue weighted by Gasteiger charge is -2.08. The molecule has 0 aliphatic carbocycles. The van der Waals surface area contributed by atoms with Gasteiger partial charge in [0.15, 0.2) is 17.3 Å². The van der Waals surface area contributed by atoms with E-state index < -0.39 is 0 Å². The molecule has 3 aromatic carbocycles. The molecule has 9 heterocycles. The first-order chi connectivity index (χ1) is 44.2. The second-order valence-electron chi connectivity index (χ2n) is 21.5. The Labute approximate surface area is 530 Å². The number of nitrogens with zero attached hydrogens (tertiary/aromatic N) is 12. The fraction of sp³-hybridized carbons (Fsp3) is 0.217. The van der Waals surface area contributed by atoms with Crippen molar-refractivity contribution in [2.24, 2.45) is 7.05 Å². The minimum Gasteiger partial charge on any atom is -0.395 e. The summed E-state index contributed by atoms with van der Waals surface area (Å²) in [5.41, 5.74) is 16.8. The predicted molar refractivity (Wildman–Crippen MR) is 357 cm³/mol. The van der Waals surface area contributed by atoms with Crippen LogP contribution in [-0.2, 0) is 39.8 Å². The zero-order valence-corrected chi connectivity index (χ0v) is 51.8. The summed E-state index contributed by atoms with van der Waals surface area (Å²) in [6, 6.07) is 39.8. The lowest BCUT2D eigenvalue weighted by atomic mass is 10.1. The predicted octanol–water partition coefficient (Wildman–Crippen LogP) is 10.9. The van der Waals surface area contributed by atoms with E-state index in [1.54, 1.807) is 66.9 Å². The molecule has 4 N–H and O–H groups in total. The molecule has 0 atom stereocenters. The van der Waals surface area contributed by atoms with Crippen LogP contribution >= 0.6 is 0 Å². The van der Waals surface area contributed by atoms with Gasteiger partial charge in [-0.2, -0.15) is 0 Å². The second kappa shape index (κ2) is 29.5. The van der Waals surface area contributed by atoms with E-state index >= 15 is 0 Å². The Morgan fingerprint density at radius 2 is 0.747 bits per heavy atom. The highest BCUT2D eigenvalue weighted by Crippen LogP contribution is 2.32. The van der Waals surface area contributed by atoms with Gasteiger partial charge in [0.1, 0.15) is 34.2 Å². The summed E-state index contributed by atoms with van der Waals surface area (Å²) in [6.07, 6.45) is 11.2. The van der Waals surface area contributed by atoms with Crippen LogP contribution in [0.3, 0.4) is 0 Å². The van der Waals surface area contributed by atoms with Crippen molar-refractivity contribution in [2.45, 2.75) is 66.8 Å². The topological polar surface area (TPSA) is 278 Å². The molecular formula is C69H77N15O7. The average Bonchev–Trinajstić information content (AvgIpc) is 1.84. The number of hydrogen-bond donors (Lipinski definition) is 4. The van der Waals surface area contributed by atoms with E-state index in [4.69, 9.17) is 33.6 Å². The number of aryl methyl sites for hydroxylation is 5. The lowest BCUT2D eigenvalue weighted by Crippen LogP contribution is -2.20. The van der Waals surface area contributed by atoms with Crippen LogP contribution in [0.4, 0.5) is 0 Å². The van der Waals surface area contributed by atoms with Gasteiger partial charge in [0, 0.05) is 134 Å². The largest absolute Gasteiger partial charge is 0.395 e. The molecule has 0 saturated heterocycles. The Morgan fingerprint density at radius 1 is 0.429 bits per heavy atom. The molecule has 22 nitrogen and oxygen atoms in total. The summed E-state index contributed by atoms with van der Waals surface area (Å²) < 4.78 is 21.4. The average molecular weight is 1230 g/mol. The molecule has 0 saturated carbocycles. The Hall–Kier alpha value is -10.8. The van der Waals surface area contributed by atoms with E-state index in [2.05, 4.69) is 70.6 Å². The summed E-state index contributed by atoms with van der Waals surface area (Å²) in [4.78, 5) is 63.2. The van der Waals surface area contributed by atoms with Gasteiger partial charge < -0.3 is 48.3 Å².